The van der Waals surface area contributed by atoms with Gasteiger partial charge in [0.25, 0.3) is 0 Å². The maximum atomic E-state index is 8.34. The van der Waals surface area contributed by atoms with Gasteiger partial charge in [0.05, 0.1) is 0 Å². The van der Waals surface area contributed by atoms with Crippen molar-refractivity contribution in [3.8, 4) is 0 Å². The zero-order chi connectivity index (χ0) is 2.00. The van der Waals surface area contributed by atoms with E-state index < -0.39 is 0 Å². The molecule has 0 fully saturated rings. The molecule has 0 aromatic heterocycles. The minimum absolute atomic E-state index is 0. The third-order valence-corrected chi connectivity index (χ3v) is 0. The van der Waals surface area contributed by atoms with Crippen LogP contribution in [-0.2, 0) is 25.5 Å². The van der Waals surface area contributed by atoms with Gasteiger partial charge in [-0.2, -0.15) is 0 Å². The molecule has 0 saturated heterocycles. The molecule has 9 radical (unpaired) electrons. The average Bonchev–Trinajstić information content (AvgIpc) is 1.00. The van der Waals surface area contributed by atoms with E-state index >= 15 is 0 Å². The number of hydrogen-bond acceptors (Lipinski definition) is 1. The Kier molecular flexibility index (Phi) is 149. The van der Waals surface area contributed by atoms with Crippen molar-refractivity contribution in [1.82, 2.24) is 0 Å². The summed E-state index contributed by atoms with van der Waals surface area (Å²) in [5.41, 5.74) is 0. The van der Waals surface area contributed by atoms with Crippen molar-refractivity contribution >= 4 is 65.7 Å². The third kappa shape index (κ3) is 20.2. The Morgan fingerprint density at radius 1 is 1.20 bits per heavy atom. The van der Waals surface area contributed by atoms with Gasteiger partial charge in [0.2, 0.25) is 0 Å². The van der Waals surface area contributed by atoms with E-state index in [1.54, 1.807) is 0 Å². The molecule has 0 rings (SSSR count). The van der Waals surface area contributed by atoms with Crippen LogP contribution in [0.5, 0.6) is 0 Å². The van der Waals surface area contributed by atoms with E-state index in [2.05, 4.69) is 0 Å². The molecular weight excluding hydrogens is 384 g/mol. The quantitative estimate of drug-likeness (QED) is 0.477. The second-order valence-electron chi connectivity index (χ2n) is 0. The Hall–Kier alpha value is 2.74. The van der Waals surface area contributed by atoms with E-state index in [0.29, 0.717) is 22.5 Å². The predicted molar refractivity (Wildman–Crippen MR) is 17.9 cm³/mol. The van der Waals surface area contributed by atoms with Crippen LogP contribution in [0.25, 0.3) is 0 Å². The summed E-state index contributed by atoms with van der Waals surface area (Å²) >= 11 is 0.300. The van der Waals surface area contributed by atoms with Crippen molar-refractivity contribution in [1.29, 1.82) is 0 Å². The Bertz CT molecular complexity index is 11.6. The predicted octanol–water partition coefficient (Wildman–Crippen LogP) is -1.26. The van der Waals surface area contributed by atoms with Crippen molar-refractivity contribution < 1.29 is 25.5 Å². The number of hydrogen-bond donors (Lipinski definition) is 0. The van der Waals surface area contributed by atoms with Crippen molar-refractivity contribution in [3.05, 3.63) is 0 Å². The van der Waals surface area contributed by atoms with Gasteiger partial charge in [0, 0.05) is 65.6 Å². The van der Waals surface area contributed by atoms with Gasteiger partial charge in [-0.1, -0.05) is 0 Å². The molecule has 0 saturated carbocycles. The summed E-state index contributed by atoms with van der Waals surface area (Å²) in [6.07, 6.45) is 0. The summed E-state index contributed by atoms with van der Waals surface area (Å²) in [6, 6.07) is 0. The van der Waals surface area contributed by atoms with Gasteiger partial charge < -0.3 is 0 Å². The van der Waals surface area contributed by atoms with Crippen LogP contribution in [0.3, 0.4) is 0 Å². The zero-order valence-corrected chi connectivity index (χ0v) is 11.2. The van der Waals surface area contributed by atoms with Crippen LogP contribution in [0.15, 0.2) is 0 Å². The first kappa shape index (κ1) is 25.1. The molecule has 0 aliphatic rings. The monoisotopic (exact) mass is 385 g/mol. The molecule has 5 heteroatoms. The molecule has 27 valence electrons. The first-order valence-electron chi connectivity index (χ1n) is 0.204. The first-order valence-corrected chi connectivity index (χ1v) is 1.37. The van der Waals surface area contributed by atoms with Crippen LogP contribution in [0.2, 0.25) is 0 Å². The molecule has 0 aromatic carbocycles. The zero-order valence-electron chi connectivity index (χ0n) is 2.36. The summed E-state index contributed by atoms with van der Waals surface area (Å²) in [5.74, 6) is 0. The Morgan fingerprint density at radius 2 is 1.20 bits per heavy atom. The van der Waals surface area contributed by atoms with Crippen LogP contribution in [0, 0.1) is 0 Å². The second-order valence-corrected chi connectivity index (χ2v) is 0. The second kappa shape index (κ2) is 29.6. The van der Waals surface area contributed by atoms with E-state index in [1.807, 2.05) is 0 Å². The molecule has 0 unspecified atom stereocenters. The fourth-order valence-corrected chi connectivity index (χ4v) is 0. The van der Waals surface area contributed by atoms with Crippen LogP contribution < -0.4 is 0 Å². The van der Waals surface area contributed by atoms with E-state index in [0.717, 1.165) is 0 Å². The molecule has 0 aliphatic heterocycles. The fraction of sp³-hybridized carbons (Fsp3) is 0. The van der Waals surface area contributed by atoms with Gasteiger partial charge in [0.1, 0.15) is 0 Å². The first-order chi connectivity index (χ1) is 1.00. The molecule has 5 heavy (non-hydrogen) atoms. The summed E-state index contributed by atoms with van der Waals surface area (Å²) in [7, 11) is 0. The van der Waals surface area contributed by atoms with Crippen molar-refractivity contribution in [3.63, 3.8) is 0 Å². The van der Waals surface area contributed by atoms with E-state index in [9.17, 15) is 0 Å². The van der Waals surface area contributed by atoms with E-state index in [-0.39, 0.29) is 65.6 Å². The number of rotatable bonds is 0. The van der Waals surface area contributed by atoms with E-state index in [1.165, 1.54) is 0 Å². The van der Waals surface area contributed by atoms with Gasteiger partial charge in [-0.25, -0.2) is 0 Å². The molecular formula is AgAlInOSn. The van der Waals surface area contributed by atoms with Crippen molar-refractivity contribution in [2.45, 2.75) is 0 Å². The summed E-state index contributed by atoms with van der Waals surface area (Å²) in [4.78, 5) is 0. The molecule has 0 amide bonds. The van der Waals surface area contributed by atoms with Crippen LogP contribution in [-0.4, -0.2) is 65.7 Å². The SMILES string of the molecule is [Ag].[Al].[In].[O]=[Sn]. The van der Waals surface area contributed by atoms with Gasteiger partial charge in [0.15, 0.2) is 0 Å². The minimum atomic E-state index is 0. The summed E-state index contributed by atoms with van der Waals surface area (Å²) < 4.78 is 8.34. The topological polar surface area (TPSA) is 17.1 Å². The average molecular weight is 384 g/mol. The molecule has 0 atom stereocenters. The van der Waals surface area contributed by atoms with E-state index in [4.69, 9.17) is 3.08 Å². The fourth-order valence-electron chi connectivity index (χ4n) is 0. The van der Waals surface area contributed by atoms with Crippen LogP contribution in [0.4, 0.5) is 0 Å². The Balaban J connectivity index is -0.00000000167. The molecule has 0 aliphatic carbocycles. The molecule has 0 spiro atoms. The third-order valence-electron chi connectivity index (χ3n) is 0. The molecule has 1 nitrogen and oxygen atoms in total. The van der Waals surface area contributed by atoms with Crippen LogP contribution in [0.1, 0.15) is 0 Å². The van der Waals surface area contributed by atoms with Gasteiger partial charge in [-0.3, -0.25) is 0 Å². The maximum absolute atomic E-state index is 8.34. The molecule has 0 aromatic rings. The van der Waals surface area contributed by atoms with Gasteiger partial charge >= 0.3 is 25.6 Å². The summed E-state index contributed by atoms with van der Waals surface area (Å²) in [6.45, 7) is 0. The van der Waals surface area contributed by atoms with Gasteiger partial charge in [-0.05, 0) is 0 Å². The molecule has 0 heterocycles. The normalized spacial score (nSPS) is 0.800. The van der Waals surface area contributed by atoms with Crippen molar-refractivity contribution in [2.24, 2.45) is 0 Å². The van der Waals surface area contributed by atoms with Crippen molar-refractivity contribution in [2.75, 3.05) is 0 Å². The van der Waals surface area contributed by atoms with Crippen LogP contribution >= 0.6 is 0 Å². The summed E-state index contributed by atoms with van der Waals surface area (Å²) in [5, 5.41) is 0. The molecule has 0 bridgehead atoms. The Morgan fingerprint density at radius 3 is 1.20 bits per heavy atom. The Labute approximate surface area is 89.5 Å². The molecule has 0 N–H and O–H groups in total. The standard InChI is InChI=1S/Ag.Al.In.O.Sn. The van der Waals surface area contributed by atoms with Gasteiger partial charge in [-0.15, -0.1) is 0 Å².